The monoisotopic (exact) mass is 436 g/mol. The Kier molecular flexibility index (Phi) is 5.33. The second-order valence-electron chi connectivity index (χ2n) is 7.88. The Hall–Kier alpha value is -2.97. The fourth-order valence-electron chi connectivity index (χ4n) is 4.17. The number of benzene rings is 2. The fraction of sp³-hybridized carbons (Fsp3) is 0.348. The van der Waals surface area contributed by atoms with Gasteiger partial charge in [0, 0.05) is 33.1 Å². The number of aromatic nitrogens is 1. The van der Waals surface area contributed by atoms with E-state index < -0.39 is 6.10 Å². The lowest BCUT2D eigenvalue weighted by Gasteiger charge is -2.39. The fourth-order valence-corrected chi connectivity index (χ4v) is 5.18. The summed E-state index contributed by atoms with van der Waals surface area (Å²) in [5.74, 6) is 0.436. The van der Waals surface area contributed by atoms with Crippen molar-refractivity contribution in [1.29, 1.82) is 0 Å². The first-order valence-corrected chi connectivity index (χ1v) is 11.3. The van der Waals surface area contributed by atoms with E-state index in [0.29, 0.717) is 18.8 Å². The van der Waals surface area contributed by atoms with Gasteiger partial charge in [-0.25, -0.2) is 4.98 Å². The van der Waals surface area contributed by atoms with Crippen LogP contribution >= 0.6 is 11.3 Å². The lowest BCUT2D eigenvalue weighted by molar-refractivity contribution is -0.140. The Morgan fingerprint density at radius 1 is 1.06 bits per heavy atom. The van der Waals surface area contributed by atoms with Gasteiger partial charge in [-0.3, -0.25) is 14.5 Å². The van der Waals surface area contributed by atoms with Crippen LogP contribution in [0.4, 0.5) is 5.69 Å². The first-order valence-electron chi connectivity index (χ1n) is 10.5. The third-order valence-electron chi connectivity index (χ3n) is 5.81. The predicted molar refractivity (Wildman–Crippen MR) is 120 cm³/mol. The van der Waals surface area contributed by atoms with Gasteiger partial charge >= 0.3 is 0 Å². The number of anilines is 1. The van der Waals surface area contributed by atoms with Crippen LogP contribution in [-0.4, -0.2) is 65.4 Å². The molecular weight excluding hydrogens is 412 g/mol. The number of ether oxygens (including phenoxy) is 1. The minimum absolute atomic E-state index is 0.0552. The van der Waals surface area contributed by atoms with Gasteiger partial charge in [0.25, 0.3) is 5.91 Å². The van der Waals surface area contributed by atoms with Gasteiger partial charge in [-0.05, 0) is 24.3 Å². The summed E-state index contributed by atoms with van der Waals surface area (Å²) < 4.78 is 7.18. The highest BCUT2D eigenvalue weighted by molar-refractivity contribution is 7.18. The highest BCUT2D eigenvalue weighted by Gasteiger charge is 2.36. The molecule has 1 fully saturated rings. The molecule has 5 rings (SSSR count). The van der Waals surface area contributed by atoms with Gasteiger partial charge in [0.05, 0.1) is 29.0 Å². The topological polar surface area (TPSA) is 66.0 Å². The second-order valence-corrected chi connectivity index (χ2v) is 9.00. The van der Waals surface area contributed by atoms with Gasteiger partial charge < -0.3 is 14.5 Å². The average Bonchev–Trinajstić information content (AvgIpc) is 3.20. The molecule has 3 heterocycles. The van der Waals surface area contributed by atoms with E-state index in [-0.39, 0.29) is 18.4 Å². The number of rotatable bonds is 3. The summed E-state index contributed by atoms with van der Waals surface area (Å²) in [5, 5.41) is 1.10. The molecule has 2 aromatic carbocycles. The van der Waals surface area contributed by atoms with Crippen LogP contribution < -0.4 is 9.64 Å². The molecule has 2 aliphatic rings. The molecule has 0 bridgehead atoms. The molecule has 2 amide bonds. The van der Waals surface area contributed by atoms with Gasteiger partial charge in [-0.15, -0.1) is 11.3 Å². The Bertz CT molecular complexity index is 1090. The zero-order chi connectivity index (χ0) is 21.4. The van der Waals surface area contributed by atoms with Crippen LogP contribution in [-0.2, 0) is 16.1 Å². The first kappa shape index (κ1) is 20.0. The summed E-state index contributed by atoms with van der Waals surface area (Å²) in [6.07, 6.45) is -0.672. The number of hydrogen-bond donors (Lipinski definition) is 0. The summed E-state index contributed by atoms with van der Waals surface area (Å²) in [6, 6.07) is 15.6. The maximum absolute atomic E-state index is 13.1. The third-order valence-corrected chi connectivity index (χ3v) is 6.83. The van der Waals surface area contributed by atoms with Crippen LogP contribution in [0.5, 0.6) is 5.75 Å². The molecule has 7 nitrogen and oxygen atoms in total. The summed E-state index contributed by atoms with van der Waals surface area (Å²) >= 11 is 1.73. The Morgan fingerprint density at radius 3 is 2.58 bits per heavy atom. The van der Waals surface area contributed by atoms with E-state index >= 15 is 0 Å². The lowest BCUT2D eigenvalue weighted by Crippen LogP contribution is -2.56. The van der Waals surface area contributed by atoms with Gasteiger partial charge in [0.1, 0.15) is 10.8 Å². The zero-order valence-corrected chi connectivity index (χ0v) is 18.2. The van der Waals surface area contributed by atoms with Crippen molar-refractivity contribution in [1.82, 2.24) is 14.8 Å². The quantitative estimate of drug-likeness (QED) is 0.632. The molecule has 2 aliphatic heterocycles. The summed E-state index contributed by atoms with van der Waals surface area (Å²) in [4.78, 5) is 35.8. The van der Waals surface area contributed by atoms with Gasteiger partial charge in [-0.1, -0.05) is 24.3 Å². The number of nitrogens with zero attached hydrogens (tertiary/aromatic N) is 4. The molecule has 0 radical (unpaired) electrons. The zero-order valence-electron chi connectivity index (χ0n) is 17.4. The number of carbonyl (C=O) groups is 2. The Morgan fingerprint density at radius 2 is 1.81 bits per heavy atom. The largest absolute Gasteiger partial charge is 0.476 e. The standard InChI is InChI=1S/C23H24N4O3S/c1-16(28)27-14-20(30-19-8-4-3-7-18(19)27)23(29)26-12-10-25(11-13-26)15-22-24-17-6-2-5-9-21(17)31-22/h2-9,20H,10-15H2,1H3/t20-/m1/s1. The second kappa shape index (κ2) is 8.28. The molecule has 160 valence electrons. The summed E-state index contributed by atoms with van der Waals surface area (Å²) in [6.45, 7) is 5.44. The minimum atomic E-state index is -0.672. The van der Waals surface area contributed by atoms with Crippen molar-refractivity contribution in [2.45, 2.75) is 19.6 Å². The smallest absolute Gasteiger partial charge is 0.265 e. The van der Waals surface area contributed by atoms with Crippen LogP contribution in [0, 0.1) is 0 Å². The maximum Gasteiger partial charge on any atom is 0.265 e. The number of thiazole rings is 1. The van der Waals surface area contributed by atoms with Crippen molar-refractivity contribution < 1.29 is 14.3 Å². The van der Waals surface area contributed by atoms with E-state index in [9.17, 15) is 9.59 Å². The van der Waals surface area contributed by atoms with Crippen molar-refractivity contribution >= 4 is 39.1 Å². The van der Waals surface area contributed by atoms with Crippen molar-refractivity contribution in [2.75, 3.05) is 37.6 Å². The molecule has 31 heavy (non-hydrogen) atoms. The SMILES string of the molecule is CC(=O)N1C[C@H](C(=O)N2CCN(Cc3nc4ccccc4s3)CC2)Oc2ccccc21. The molecule has 0 spiro atoms. The van der Waals surface area contributed by atoms with Crippen molar-refractivity contribution in [3.63, 3.8) is 0 Å². The van der Waals surface area contributed by atoms with Gasteiger partial charge in [0.15, 0.2) is 6.10 Å². The number of piperazine rings is 1. The van der Waals surface area contributed by atoms with Crippen LogP contribution in [0.3, 0.4) is 0 Å². The molecule has 1 saturated heterocycles. The molecule has 0 saturated carbocycles. The van der Waals surface area contributed by atoms with Gasteiger partial charge in [-0.2, -0.15) is 0 Å². The van der Waals surface area contributed by atoms with Crippen LogP contribution in [0.2, 0.25) is 0 Å². The van der Waals surface area contributed by atoms with Gasteiger partial charge in [0.2, 0.25) is 5.91 Å². The molecule has 3 aromatic rings. The van der Waals surface area contributed by atoms with Crippen LogP contribution in [0.15, 0.2) is 48.5 Å². The number of fused-ring (bicyclic) bond motifs is 2. The molecular formula is C23H24N4O3S. The normalized spacial score (nSPS) is 19.2. The van der Waals surface area contributed by atoms with E-state index in [2.05, 4.69) is 11.0 Å². The lowest BCUT2D eigenvalue weighted by atomic mass is 10.1. The van der Waals surface area contributed by atoms with E-state index in [0.717, 1.165) is 35.8 Å². The molecule has 0 unspecified atom stereocenters. The van der Waals surface area contributed by atoms with E-state index in [4.69, 9.17) is 9.72 Å². The number of hydrogen-bond acceptors (Lipinski definition) is 6. The van der Waals surface area contributed by atoms with Crippen LogP contribution in [0.25, 0.3) is 10.2 Å². The molecule has 1 atom stereocenters. The minimum Gasteiger partial charge on any atom is -0.476 e. The van der Waals surface area contributed by atoms with Crippen molar-refractivity contribution in [3.8, 4) is 5.75 Å². The molecule has 8 heteroatoms. The molecule has 1 aromatic heterocycles. The number of para-hydroxylation sites is 3. The first-order chi connectivity index (χ1) is 15.1. The van der Waals surface area contributed by atoms with E-state index in [1.165, 1.54) is 11.6 Å². The summed E-state index contributed by atoms with van der Waals surface area (Å²) in [5.41, 5.74) is 1.76. The van der Waals surface area contributed by atoms with Crippen molar-refractivity contribution in [3.05, 3.63) is 53.5 Å². The van der Waals surface area contributed by atoms with E-state index in [1.54, 1.807) is 22.3 Å². The predicted octanol–water partition coefficient (Wildman–Crippen LogP) is 2.75. The molecule has 0 N–H and O–H groups in total. The van der Waals surface area contributed by atoms with Crippen LogP contribution in [0.1, 0.15) is 11.9 Å². The number of amides is 2. The average molecular weight is 437 g/mol. The number of carbonyl (C=O) groups excluding carboxylic acids is 2. The Labute approximate surface area is 184 Å². The Balaban J connectivity index is 1.21. The van der Waals surface area contributed by atoms with E-state index in [1.807, 2.05) is 41.3 Å². The summed E-state index contributed by atoms with van der Waals surface area (Å²) in [7, 11) is 0. The third kappa shape index (κ3) is 4.00. The highest BCUT2D eigenvalue weighted by Crippen LogP contribution is 2.33. The maximum atomic E-state index is 13.1. The van der Waals surface area contributed by atoms with Crippen molar-refractivity contribution in [2.24, 2.45) is 0 Å². The molecule has 0 aliphatic carbocycles. The highest BCUT2D eigenvalue weighted by atomic mass is 32.1.